The van der Waals surface area contributed by atoms with Gasteiger partial charge >= 0.3 is 0 Å². The Labute approximate surface area is 115 Å². The number of methoxy groups -OCH3 is 1. The molecule has 1 unspecified atom stereocenters. The Morgan fingerprint density at radius 1 is 1.33 bits per heavy atom. The molecule has 1 N–H and O–H groups in total. The predicted octanol–water partition coefficient (Wildman–Crippen LogP) is 3.97. The van der Waals surface area contributed by atoms with Gasteiger partial charge in [-0.05, 0) is 43.0 Å². The number of rotatable bonds is 2. The van der Waals surface area contributed by atoms with Crippen LogP contribution in [0.4, 0.5) is 0 Å². The first-order valence-electron chi connectivity index (χ1n) is 6.50. The third-order valence-electron chi connectivity index (χ3n) is 4.06. The monoisotopic (exact) mass is 267 g/mol. The van der Waals surface area contributed by atoms with Crippen LogP contribution >= 0.6 is 11.6 Å². The van der Waals surface area contributed by atoms with Crippen molar-refractivity contribution in [3.8, 4) is 5.75 Å². The van der Waals surface area contributed by atoms with Crippen LogP contribution < -0.4 is 10.1 Å². The lowest BCUT2D eigenvalue weighted by Crippen LogP contribution is -2.48. The van der Waals surface area contributed by atoms with Gasteiger partial charge in [0.1, 0.15) is 5.75 Å². The number of benzene rings is 1. The van der Waals surface area contributed by atoms with Crippen molar-refractivity contribution < 1.29 is 4.74 Å². The molecule has 2 rings (SSSR count). The van der Waals surface area contributed by atoms with Crippen LogP contribution in [0.3, 0.4) is 0 Å². The minimum Gasteiger partial charge on any atom is -0.496 e. The molecule has 0 aromatic heterocycles. The van der Waals surface area contributed by atoms with Gasteiger partial charge in [0.25, 0.3) is 0 Å². The molecule has 0 spiro atoms. The maximum atomic E-state index is 6.18. The molecule has 0 bridgehead atoms. The quantitative estimate of drug-likeness (QED) is 0.875. The second kappa shape index (κ2) is 4.75. The fourth-order valence-corrected chi connectivity index (χ4v) is 3.20. The van der Waals surface area contributed by atoms with E-state index in [1.165, 1.54) is 12.0 Å². The molecule has 100 valence electrons. The summed E-state index contributed by atoms with van der Waals surface area (Å²) < 4.78 is 5.53. The first-order valence-corrected chi connectivity index (χ1v) is 6.87. The van der Waals surface area contributed by atoms with Crippen LogP contribution in [0.15, 0.2) is 18.2 Å². The summed E-state index contributed by atoms with van der Waals surface area (Å²) in [7, 11) is 1.72. The number of hydrogen-bond acceptors (Lipinski definition) is 2. The summed E-state index contributed by atoms with van der Waals surface area (Å²) in [6, 6.07) is 5.89. The molecule has 18 heavy (non-hydrogen) atoms. The van der Waals surface area contributed by atoms with Crippen molar-refractivity contribution in [2.45, 2.75) is 39.2 Å². The second-order valence-corrected chi connectivity index (χ2v) is 6.47. The maximum absolute atomic E-state index is 6.18. The maximum Gasteiger partial charge on any atom is 0.124 e. The van der Waals surface area contributed by atoms with Gasteiger partial charge in [0, 0.05) is 10.6 Å². The third kappa shape index (κ3) is 2.12. The van der Waals surface area contributed by atoms with Gasteiger partial charge in [0.2, 0.25) is 0 Å². The summed E-state index contributed by atoms with van der Waals surface area (Å²) in [4.78, 5) is 0. The molecule has 1 aromatic rings. The van der Waals surface area contributed by atoms with E-state index in [1.807, 2.05) is 18.2 Å². The Morgan fingerprint density at radius 2 is 2.06 bits per heavy atom. The number of hydrogen-bond donors (Lipinski definition) is 1. The largest absolute Gasteiger partial charge is 0.496 e. The van der Waals surface area contributed by atoms with Gasteiger partial charge < -0.3 is 10.1 Å². The molecule has 2 nitrogen and oxygen atoms in total. The zero-order chi connectivity index (χ0) is 13.4. The van der Waals surface area contributed by atoms with Crippen LogP contribution in [0.5, 0.6) is 5.75 Å². The van der Waals surface area contributed by atoms with Crippen LogP contribution in [0.2, 0.25) is 5.02 Å². The van der Waals surface area contributed by atoms with Gasteiger partial charge in [-0.15, -0.1) is 0 Å². The summed E-state index contributed by atoms with van der Waals surface area (Å²) in [6.45, 7) is 7.86. The average molecular weight is 268 g/mol. The molecule has 0 saturated carbocycles. The zero-order valence-electron chi connectivity index (χ0n) is 11.6. The minimum atomic E-state index is -0.0523. The van der Waals surface area contributed by atoms with Gasteiger partial charge in [-0.2, -0.15) is 0 Å². The number of nitrogens with one attached hydrogen (secondary N) is 1. The summed E-state index contributed by atoms with van der Waals surface area (Å²) >= 11 is 6.18. The molecule has 1 fully saturated rings. The van der Waals surface area contributed by atoms with Gasteiger partial charge in [-0.3, -0.25) is 0 Å². The summed E-state index contributed by atoms with van der Waals surface area (Å²) in [6.07, 6.45) is 2.31. The first-order chi connectivity index (χ1) is 8.40. The Morgan fingerprint density at radius 3 is 2.56 bits per heavy atom. The molecule has 3 heteroatoms. The number of halogens is 1. The van der Waals surface area contributed by atoms with Gasteiger partial charge in [-0.25, -0.2) is 0 Å². The van der Waals surface area contributed by atoms with Gasteiger partial charge in [0.15, 0.2) is 0 Å². The highest BCUT2D eigenvalue weighted by atomic mass is 35.5. The fourth-order valence-electron chi connectivity index (χ4n) is 3.03. The normalized spacial score (nSPS) is 24.3. The topological polar surface area (TPSA) is 21.3 Å². The lowest BCUT2D eigenvalue weighted by molar-refractivity contribution is 0.156. The van der Waals surface area contributed by atoms with Crippen LogP contribution in [0.25, 0.3) is 0 Å². The highest BCUT2D eigenvalue weighted by Gasteiger charge is 2.46. The van der Waals surface area contributed by atoms with Crippen molar-refractivity contribution in [1.82, 2.24) is 5.32 Å². The van der Waals surface area contributed by atoms with Gasteiger partial charge in [0.05, 0.1) is 12.6 Å². The molecule has 0 radical (unpaired) electrons. The van der Waals surface area contributed by atoms with Crippen molar-refractivity contribution in [3.05, 3.63) is 28.8 Å². The van der Waals surface area contributed by atoms with Crippen LogP contribution in [0, 0.1) is 5.41 Å². The van der Waals surface area contributed by atoms with E-state index in [2.05, 4.69) is 26.1 Å². The molecule has 0 amide bonds. The molecule has 1 aliphatic heterocycles. The lowest BCUT2D eigenvalue weighted by atomic mass is 9.68. The Bertz CT molecular complexity index is 431. The SMILES string of the molecule is COc1ccc(Cl)cc1C1(C(C)(C)C)CCCN1. The lowest BCUT2D eigenvalue weighted by Gasteiger charge is -2.43. The highest BCUT2D eigenvalue weighted by molar-refractivity contribution is 6.30. The summed E-state index contributed by atoms with van der Waals surface area (Å²) in [5.74, 6) is 0.920. The second-order valence-electron chi connectivity index (χ2n) is 6.03. The van der Waals surface area contributed by atoms with Crippen LogP contribution in [0.1, 0.15) is 39.2 Å². The standard InChI is InChI=1S/C15H22ClNO/c1-14(2,3)15(8-5-9-17-15)12-10-11(16)6-7-13(12)18-4/h6-7,10,17H,5,8-9H2,1-4H3. The van der Waals surface area contributed by atoms with E-state index >= 15 is 0 Å². The zero-order valence-corrected chi connectivity index (χ0v) is 12.4. The summed E-state index contributed by atoms with van der Waals surface area (Å²) in [5, 5.41) is 4.46. The van der Waals surface area contributed by atoms with Crippen molar-refractivity contribution in [1.29, 1.82) is 0 Å². The van der Waals surface area contributed by atoms with E-state index in [0.717, 1.165) is 23.7 Å². The van der Waals surface area contributed by atoms with Crippen molar-refractivity contribution in [2.75, 3.05) is 13.7 Å². The van der Waals surface area contributed by atoms with Crippen LogP contribution in [-0.4, -0.2) is 13.7 Å². The van der Waals surface area contributed by atoms with E-state index in [4.69, 9.17) is 16.3 Å². The van der Waals surface area contributed by atoms with E-state index < -0.39 is 0 Å². The molecular formula is C15H22ClNO. The Hall–Kier alpha value is -0.730. The third-order valence-corrected chi connectivity index (χ3v) is 4.29. The van der Waals surface area contributed by atoms with Crippen LogP contribution in [-0.2, 0) is 5.54 Å². The molecule has 1 aliphatic rings. The van der Waals surface area contributed by atoms with Gasteiger partial charge in [-0.1, -0.05) is 32.4 Å². The molecule has 0 aliphatic carbocycles. The van der Waals surface area contributed by atoms with E-state index in [9.17, 15) is 0 Å². The van der Waals surface area contributed by atoms with E-state index in [1.54, 1.807) is 7.11 Å². The predicted molar refractivity (Wildman–Crippen MR) is 76.4 cm³/mol. The minimum absolute atomic E-state index is 0.0523. The molecule has 1 aromatic carbocycles. The molecular weight excluding hydrogens is 246 g/mol. The van der Waals surface area contributed by atoms with Crippen molar-refractivity contribution >= 4 is 11.6 Å². The van der Waals surface area contributed by atoms with Crippen molar-refractivity contribution in [2.24, 2.45) is 5.41 Å². The molecule has 1 saturated heterocycles. The summed E-state index contributed by atoms with van der Waals surface area (Å²) in [5.41, 5.74) is 1.24. The first kappa shape index (κ1) is 13.7. The highest BCUT2D eigenvalue weighted by Crippen LogP contribution is 2.48. The fraction of sp³-hybridized carbons (Fsp3) is 0.600. The molecule has 1 heterocycles. The van der Waals surface area contributed by atoms with Crippen molar-refractivity contribution in [3.63, 3.8) is 0 Å². The number of ether oxygens (including phenoxy) is 1. The molecule has 1 atom stereocenters. The Kier molecular flexibility index (Phi) is 3.61. The van der Waals surface area contributed by atoms with E-state index in [0.29, 0.717) is 0 Å². The average Bonchev–Trinajstić information content (AvgIpc) is 2.78. The smallest absolute Gasteiger partial charge is 0.124 e. The Balaban J connectivity index is 2.59. The van der Waals surface area contributed by atoms with E-state index in [-0.39, 0.29) is 11.0 Å².